The number of benzene rings is 2. The van der Waals surface area contributed by atoms with Crippen molar-refractivity contribution in [3.63, 3.8) is 0 Å². The number of sulfonamides is 1. The van der Waals surface area contributed by atoms with Gasteiger partial charge in [0.05, 0.1) is 23.5 Å². The van der Waals surface area contributed by atoms with E-state index >= 15 is 0 Å². The number of hydrogen-bond acceptors (Lipinski definition) is 3. The van der Waals surface area contributed by atoms with Gasteiger partial charge in [-0.15, -0.1) is 0 Å². The van der Waals surface area contributed by atoms with Crippen molar-refractivity contribution in [3.05, 3.63) is 64.7 Å². The highest BCUT2D eigenvalue weighted by atomic mass is 32.2. The van der Waals surface area contributed by atoms with Crippen molar-refractivity contribution < 1.29 is 26.4 Å². The van der Waals surface area contributed by atoms with Crippen molar-refractivity contribution in [1.29, 1.82) is 0 Å². The van der Waals surface area contributed by atoms with Crippen LogP contribution in [0.15, 0.2) is 42.5 Å². The van der Waals surface area contributed by atoms with E-state index < -0.39 is 34.2 Å². The zero-order chi connectivity index (χ0) is 22.0. The SMILES string of the molecule is Cc1ccc(C)c([C@@H](C)NC(=O)CN(c2ccc(C(F)(F)F)cc2)S(C)(=O)=O)c1. The number of carbonyl (C=O) groups excluding carboxylic acids is 1. The second kappa shape index (κ2) is 8.44. The van der Waals surface area contributed by atoms with E-state index in [1.165, 1.54) is 0 Å². The Morgan fingerprint density at radius 3 is 2.21 bits per heavy atom. The molecule has 0 saturated carbocycles. The first-order valence-electron chi connectivity index (χ1n) is 8.80. The molecule has 1 amide bonds. The van der Waals surface area contributed by atoms with E-state index in [1.807, 2.05) is 32.0 Å². The summed E-state index contributed by atoms with van der Waals surface area (Å²) in [6, 6.07) is 9.08. The quantitative estimate of drug-likeness (QED) is 0.757. The smallest absolute Gasteiger partial charge is 0.348 e. The number of nitrogens with one attached hydrogen (secondary N) is 1. The summed E-state index contributed by atoms with van der Waals surface area (Å²) < 4.78 is 63.2. The molecule has 0 aliphatic rings. The second-order valence-electron chi connectivity index (χ2n) is 6.96. The van der Waals surface area contributed by atoms with E-state index in [0.717, 1.165) is 51.5 Å². The van der Waals surface area contributed by atoms with E-state index in [1.54, 1.807) is 6.92 Å². The van der Waals surface area contributed by atoms with Crippen LogP contribution in [0.5, 0.6) is 0 Å². The maximum absolute atomic E-state index is 12.7. The predicted octanol–water partition coefficient (Wildman–Crippen LogP) is 3.97. The van der Waals surface area contributed by atoms with Crippen LogP contribution in [-0.4, -0.2) is 27.1 Å². The molecule has 0 unspecified atom stereocenters. The Labute approximate surface area is 168 Å². The Bertz CT molecular complexity index is 987. The first kappa shape index (κ1) is 22.7. The molecule has 0 saturated heterocycles. The molecule has 0 heterocycles. The van der Waals surface area contributed by atoms with E-state index in [0.29, 0.717) is 0 Å². The molecule has 29 heavy (non-hydrogen) atoms. The number of alkyl halides is 3. The summed E-state index contributed by atoms with van der Waals surface area (Å²) >= 11 is 0. The van der Waals surface area contributed by atoms with Crippen LogP contribution >= 0.6 is 0 Å². The summed E-state index contributed by atoms with van der Waals surface area (Å²) in [4.78, 5) is 12.5. The first-order valence-corrected chi connectivity index (χ1v) is 10.7. The lowest BCUT2D eigenvalue weighted by molar-refractivity contribution is -0.137. The van der Waals surface area contributed by atoms with Crippen LogP contribution in [-0.2, 0) is 21.0 Å². The summed E-state index contributed by atoms with van der Waals surface area (Å²) in [7, 11) is -3.89. The number of rotatable bonds is 6. The summed E-state index contributed by atoms with van der Waals surface area (Å²) in [5.41, 5.74) is 1.98. The maximum Gasteiger partial charge on any atom is 0.416 e. The van der Waals surface area contributed by atoms with Gasteiger partial charge >= 0.3 is 6.18 Å². The highest BCUT2D eigenvalue weighted by molar-refractivity contribution is 7.92. The third-order valence-electron chi connectivity index (χ3n) is 4.45. The van der Waals surface area contributed by atoms with Gasteiger partial charge in [0.2, 0.25) is 15.9 Å². The Balaban J connectivity index is 2.20. The van der Waals surface area contributed by atoms with Crippen molar-refractivity contribution in [2.24, 2.45) is 0 Å². The summed E-state index contributed by atoms with van der Waals surface area (Å²) in [5.74, 6) is -0.566. The molecule has 0 spiro atoms. The Morgan fingerprint density at radius 2 is 1.69 bits per heavy atom. The summed E-state index contributed by atoms with van der Waals surface area (Å²) in [6.45, 7) is 5.07. The molecule has 2 aromatic rings. The molecule has 1 N–H and O–H groups in total. The highest BCUT2D eigenvalue weighted by Gasteiger charge is 2.31. The Kier molecular flexibility index (Phi) is 6.62. The molecule has 2 rings (SSSR count). The molecule has 0 aromatic heterocycles. The van der Waals surface area contributed by atoms with Crippen molar-refractivity contribution in [2.75, 3.05) is 17.1 Å². The molecule has 0 fully saturated rings. The van der Waals surface area contributed by atoms with Crippen LogP contribution in [0.1, 0.15) is 35.2 Å². The average Bonchev–Trinajstić information content (AvgIpc) is 2.60. The zero-order valence-corrected chi connectivity index (χ0v) is 17.4. The van der Waals surface area contributed by atoms with Crippen molar-refractivity contribution >= 4 is 21.6 Å². The lowest BCUT2D eigenvalue weighted by atomic mass is 10.00. The van der Waals surface area contributed by atoms with Crippen molar-refractivity contribution in [1.82, 2.24) is 5.32 Å². The van der Waals surface area contributed by atoms with Gasteiger partial charge in [0, 0.05) is 0 Å². The van der Waals surface area contributed by atoms with Gasteiger partial charge < -0.3 is 5.32 Å². The standard InChI is InChI=1S/C20H23F3N2O3S/c1-13-5-6-14(2)18(11-13)15(3)24-19(26)12-25(29(4,27)28)17-9-7-16(8-10-17)20(21,22)23/h5-11,15H,12H2,1-4H3,(H,24,26)/t15-/m1/s1. The van der Waals surface area contributed by atoms with Gasteiger partial charge in [-0.25, -0.2) is 8.42 Å². The zero-order valence-electron chi connectivity index (χ0n) is 16.5. The lowest BCUT2D eigenvalue weighted by Crippen LogP contribution is -2.41. The first-order chi connectivity index (χ1) is 13.3. The molecule has 0 aliphatic carbocycles. The number of anilines is 1. The lowest BCUT2D eigenvalue weighted by Gasteiger charge is -2.24. The van der Waals surface area contributed by atoms with Crippen molar-refractivity contribution in [3.8, 4) is 0 Å². The average molecular weight is 428 g/mol. The Hall–Kier alpha value is -2.55. The molecule has 0 bridgehead atoms. The number of amides is 1. The minimum Gasteiger partial charge on any atom is -0.348 e. The second-order valence-corrected chi connectivity index (χ2v) is 8.87. The van der Waals surface area contributed by atoms with Crippen LogP contribution < -0.4 is 9.62 Å². The van der Waals surface area contributed by atoms with Crippen LogP contribution in [0.4, 0.5) is 18.9 Å². The van der Waals surface area contributed by atoms with Gasteiger partial charge in [-0.2, -0.15) is 13.2 Å². The third kappa shape index (κ3) is 5.96. The van der Waals surface area contributed by atoms with E-state index in [4.69, 9.17) is 0 Å². The summed E-state index contributed by atoms with van der Waals surface area (Å²) in [5, 5.41) is 2.75. The fourth-order valence-corrected chi connectivity index (χ4v) is 3.79. The Morgan fingerprint density at radius 1 is 1.10 bits per heavy atom. The van der Waals surface area contributed by atoms with Crippen LogP contribution in [0.3, 0.4) is 0 Å². The van der Waals surface area contributed by atoms with Gasteiger partial charge in [0.1, 0.15) is 6.54 Å². The largest absolute Gasteiger partial charge is 0.416 e. The van der Waals surface area contributed by atoms with Gasteiger partial charge in [-0.1, -0.05) is 23.8 Å². The normalized spacial score (nSPS) is 13.1. The number of hydrogen-bond donors (Lipinski definition) is 1. The van der Waals surface area contributed by atoms with Crippen LogP contribution in [0.25, 0.3) is 0 Å². The molecule has 2 aromatic carbocycles. The fourth-order valence-electron chi connectivity index (χ4n) is 2.94. The monoisotopic (exact) mass is 428 g/mol. The molecule has 5 nitrogen and oxygen atoms in total. The van der Waals surface area contributed by atoms with E-state index in [9.17, 15) is 26.4 Å². The molecule has 158 valence electrons. The molecule has 0 radical (unpaired) electrons. The van der Waals surface area contributed by atoms with Gasteiger partial charge in [0.25, 0.3) is 0 Å². The van der Waals surface area contributed by atoms with E-state index in [2.05, 4.69) is 5.32 Å². The summed E-state index contributed by atoms with van der Waals surface area (Å²) in [6.07, 6.45) is -3.64. The van der Waals surface area contributed by atoms with Gasteiger partial charge in [-0.05, 0) is 56.2 Å². The molecular formula is C20H23F3N2O3S. The van der Waals surface area contributed by atoms with Gasteiger partial charge in [-0.3, -0.25) is 9.10 Å². The topological polar surface area (TPSA) is 66.5 Å². The van der Waals surface area contributed by atoms with Crippen LogP contribution in [0.2, 0.25) is 0 Å². The third-order valence-corrected chi connectivity index (χ3v) is 5.59. The highest BCUT2D eigenvalue weighted by Crippen LogP contribution is 2.31. The minimum absolute atomic E-state index is 0.0185. The maximum atomic E-state index is 12.7. The molecular weight excluding hydrogens is 405 g/mol. The minimum atomic E-state index is -4.53. The number of halogens is 3. The molecule has 1 atom stereocenters. The van der Waals surface area contributed by atoms with Crippen molar-refractivity contribution in [2.45, 2.75) is 33.0 Å². The van der Waals surface area contributed by atoms with Gasteiger partial charge in [0.15, 0.2) is 0 Å². The predicted molar refractivity (Wildman–Crippen MR) is 106 cm³/mol. The fraction of sp³-hybridized carbons (Fsp3) is 0.350. The number of aryl methyl sites for hydroxylation is 2. The number of carbonyl (C=O) groups is 1. The molecule has 0 aliphatic heterocycles. The molecule has 9 heteroatoms. The van der Waals surface area contributed by atoms with E-state index in [-0.39, 0.29) is 11.7 Å². The van der Waals surface area contributed by atoms with Crippen LogP contribution in [0, 0.1) is 13.8 Å². The number of nitrogens with zero attached hydrogens (tertiary/aromatic N) is 1.